The van der Waals surface area contributed by atoms with Crippen LogP contribution in [0.1, 0.15) is 52.5 Å². The van der Waals surface area contributed by atoms with Crippen LogP contribution in [-0.2, 0) is 14.9 Å². The molecule has 4 rings (SSSR count). The SMILES string of the molecule is CCC1OC1C12CN(C(=O)OC(C)(C)C)CCC1(c1ccc(Cl)c(Cl)c1)C2. The quantitative estimate of drug-likeness (QED) is 0.621. The molecule has 3 aliphatic rings. The van der Waals surface area contributed by atoms with Crippen LogP contribution < -0.4 is 0 Å². The number of halogens is 2. The number of fused-ring (bicyclic) bond motifs is 1. The van der Waals surface area contributed by atoms with Crippen molar-refractivity contribution in [3.05, 3.63) is 33.8 Å². The molecule has 2 heterocycles. The van der Waals surface area contributed by atoms with Crippen LogP contribution >= 0.6 is 23.2 Å². The van der Waals surface area contributed by atoms with Crippen molar-refractivity contribution in [3.8, 4) is 0 Å². The molecule has 4 unspecified atom stereocenters. The minimum absolute atomic E-state index is 0.00826. The number of carbonyl (C=O) groups is 1. The molecular formula is C21H27Cl2NO3. The highest BCUT2D eigenvalue weighted by Crippen LogP contribution is 2.74. The summed E-state index contributed by atoms with van der Waals surface area (Å²) in [4.78, 5) is 14.5. The van der Waals surface area contributed by atoms with Crippen LogP contribution in [-0.4, -0.2) is 41.9 Å². The molecule has 27 heavy (non-hydrogen) atoms. The van der Waals surface area contributed by atoms with Crippen molar-refractivity contribution < 1.29 is 14.3 Å². The van der Waals surface area contributed by atoms with Gasteiger partial charge in [-0.25, -0.2) is 4.79 Å². The van der Waals surface area contributed by atoms with E-state index in [-0.39, 0.29) is 29.1 Å². The molecule has 148 valence electrons. The van der Waals surface area contributed by atoms with Crippen molar-refractivity contribution in [2.75, 3.05) is 13.1 Å². The highest BCUT2D eigenvalue weighted by molar-refractivity contribution is 6.42. The summed E-state index contributed by atoms with van der Waals surface area (Å²) in [6, 6.07) is 5.96. The van der Waals surface area contributed by atoms with Crippen LogP contribution in [0.3, 0.4) is 0 Å². The number of carbonyl (C=O) groups excluding carboxylic acids is 1. The van der Waals surface area contributed by atoms with Crippen molar-refractivity contribution in [2.45, 2.75) is 70.2 Å². The summed E-state index contributed by atoms with van der Waals surface area (Å²) in [5, 5.41) is 1.16. The number of benzene rings is 1. The van der Waals surface area contributed by atoms with E-state index >= 15 is 0 Å². The summed E-state index contributed by atoms with van der Waals surface area (Å²) in [5.41, 5.74) is 0.675. The molecule has 0 spiro atoms. The molecule has 6 heteroatoms. The van der Waals surface area contributed by atoms with Gasteiger partial charge >= 0.3 is 6.09 Å². The third-order valence-corrected chi connectivity index (χ3v) is 7.12. The minimum Gasteiger partial charge on any atom is -0.444 e. The van der Waals surface area contributed by atoms with E-state index in [2.05, 4.69) is 13.0 Å². The maximum absolute atomic E-state index is 12.7. The first-order valence-electron chi connectivity index (χ1n) is 9.71. The molecule has 4 atom stereocenters. The standard InChI is InChI=1S/C21H27Cl2NO3/c1-5-16-17(26-16)21-11-20(21,13-6-7-14(22)15(23)10-13)8-9-24(12-21)18(25)27-19(2,3)4/h6-7,10,16-17H,5,8-9,11-12H2,1-4H3. The zero-order valence-electron chi connectivity index (χ0n) is 16.4. The molecule has 0 N–H and O–H groups in total. The highest BCUT2D eigenvalue weighted by Gasteiger charge is 2.78. The Labute approximate surface area is 171 Å². The molecule has 0 bridgehead atoms. The van der Waals surface area contributed by atoms with E-state index in [1.54, 1.807) is 0 Å². The Kier molecular flexibility index (Phi) is 4.49. The number of rotatable bonds is 3. The Morgan fingerprint density at radius 3 is 2.67 bits per heavy atom. The first-order chi connectivity index (χ1) is 12.6. The van der Waals surface area contributed by atoms with Crippen molar-refractivity contribution in [3.63, 3.8) is 0 Å². The first-order valence-corrected chi connectivity index (χ1v) is 10.5. The van der Waals surface area contributed by atoms with Crippen molar-refractivity contribution in [2.24, 2.45) is 5.41 Å². The Hall–Kier alpha value is -0.970. The second-order valence-electron chi connectivity index (χ2n) is 9.20. The zero-order valence-corrected chi connectivity index (χ0v) is 17.9. The summed E-state index contributed by atoms with van der Waals surface area (Å²) in [6.45, 7) is 9.21. The minimum atomic E-state index is -0.492. The number of likely N-dealkylation sites (tertiary alicyclic amines) is 1. The van der Waals surface area contributed by atoms with E-state index in [1.165, 1.54) is 5.56 Å². The molecule has 2 aliphatic heterocycles. The molecule has 1 aliphatic carbocycles. The monoisotopic (exact) mass is 411 g/mol. The second-order valence-corrected chi connectivity index (χ2v) is 10.0. The maximum atomic E-state index is 12.7. The van der Waals surface area contributed by atoms with Crippen LogP contribution in [0.5, 0.6) is 0 Å². The molecule has 0 radical (unpaired) electrons. The largest absolute Gasteiger partial charge is 0.444 e. The van der Waals surface area contributed by atoms with Gasteiger partial charge in [0.1, 0.15) is 5.60 Å². The fourth-order valence-corrected chi connectivity index (χ4v) is 5.29. The summed E-state index contributed by atoms with van der Waals surface area (Å²) in [6.07, 6.45) is 3.15. The smallest absolute Gasteiger partial charge is 0.410 e. The number of piperidine rings is 1. The van der Waals surface area contributed by atoms with Crippen LogP contribution in [0, 0.1) is 5.41 Å². The van der Waals surface area contributed by atoms with E-state index in [9.17, 15) is 4.79 Å². The molecule has 4 nitrogen and oxygen atoms in total. The van der Waals surface area contributed by atoms with Crippen molar-refractivity contribution in [1.82, 2.24) is 4.90 Å². The lowest BCUT2D eigenvalue weighted by molar-refractivity contribution is 0.0118. The maximum Gasteiger partial charge on any atom is 0.410 e. The van der Waals surface area contributed by atoms with Gasteiger partial charge in [-0.2, -0.15) is 0 Å². The van der Waals surface area contributed by atoms with Gasteiger partial charge < -0.3 is 14.4 Å². The molecule has 1 aromatic carbocycles. The van der Waals surface area contributed by atoms with Crippen LogP contribution in [0.4, 0.5) is 4.79 Å². The number of ether oxygens (including phenoxy) is 2. The lowest BCUT2D eigenvalue weighted by atomic mass is 9.78. The Morgan fingerprint density at radius 1 is 1.33 bits per heavy atom. The van der Waals surface area contributed by atoms with Crippen LogP contribution in [0.25, 0.3) is 0 Å². The van der Waals surface area contributed by atoms with Gasteiger partial charge in [0.15, 0.2) is 0 Å². The zero-order chi connectivity index (χ0) is 19.6. The van der Waals surface area contributed by atoms with Gasteiger partial charge in [0, 0.05) is 23.9 Å². The van der Waals surface area contributed by atoms with E-state index in [4.69, 9.17) is 32.7 Å². The number of hydrogen-bond acceptors (Lipinski definition) is 3. The molecular weight excluding hydrogens is 385 g/mol. The van der Waals surface area contributed by atoms with Crippen LogP contribution in [0.15, 0.2) is 18.2 Å². The summed E-state index contributed by atoms with van der Waals surface area (Å²) >= 11 is 12.4. The van der Waals surface area contributed by atoms with Gasteiger partial charge in [0.05, 0.1) is 22.3 Å². The molecule has 0 aromatic heterocycles. The third kappa shape index (κ3) is 3.14. The lowest BCUT2D eigenvalue weighted by Crippen LogP contribution is -2.48. The summed E-state index contributed by atoms with van der Waals surface area (Å²) < 4.78 is 11.7. The van der Waals surface area contributed by atoms with Gasteiger partial charge in [-0.15, -0.1) is 0 Å². The first kappa shape index (κ1) is 19.4. The van der Waals surface area contributed by atoms with E-state index in [1.807, 2.05) is 37.8 Å². The van der Waals surface area contributed by atoms with Crippen molar-refractivity contribution >= 4 is 29.3 Å². The summed E-state index contributed by atoms with van der Waals surface area (Å²) in [5.74, 6) is 0. The summed E-state index contributed by atoms with van der Waals surface area (Å²) in [7, 11) is 0. The lowest BCUT2D eigenvalue weighted by Gasteiger charge is -2.38. The molecule has 1 amide bonds. The fourth-order valence-electron chi connectivity index (χ4n) is 5.00. The van der Waals surface area contributed by atoms with Gasteiger partial charge in [-0.3, -0.25) is 0 Å². The molecule has 3 fully saturated rings. The molecule has 2 saturated heterocycles. The number of hydrogen-bond donors (Lipinski definition) is 0. The Bertz CT molecular complexity index is 777. The highest BCUT2D eigenvalue weighted by atomic mass is 35.5. The predicted octanol–water partition coefficient (Wildman–Crippen LogP) is 5.44. The normalized spacial score (nSPS) is 34.8. The van der Waals surface area contributed by atoms with Gasteiger partial charge in [-0.05, 0) is 57.7 Å². The van der Waals surface area contributed by atoms with Gasteiger partial charge in [0.2, 0.25) is 0 Å². The van der Waals surface area contributed by atoms with Gasteiger partial charge in [0.25, 0.3) is 0 Å². The van der Waals surface area contributed by atoms with Crippen LogP contribution in [0.2, 0.25) is 10.0 Å². The molecule has 1 saturated carbocycles. The Morgan fingerprint density at radius 2 is 2.07 bits per heavy atom. The number of amides is 1. The second kappa shape index (κ2) is 6.27. The topological polar surface area (TPSA) is 42.1 Å². The van der Waals surface area contributed by atoms with Gasteiger partial charge in [-0.1, -0.05) is 36.2 Å². The number of nitrogens with zero attached hydrogens (tertiary/aromatic N) is 1. The predicted molar refractivity (Wildman–Crippen MR) is 107 cm³/mol. The average Bonchev–Trinajstić information content (AvgIpc) is 3.47. The molecule has 1 aromatic rings. The third-order valence-electron chi connectivity index (χ3n) is 6.38. The Balaban J connectivity index is 1.62. The average molecular weight is 412 g/mol. The van der Waals surface area contributed by atoms with E-state index in [0.717, 1.165) is 19.3 Å². The fraction of sp³-hybridized carbons (Fsp3) is 0.667. The van der Waals surface area contributed by atoms with Crippen molar-refractivity contribution in [1.29, 1.82) is 0 Å². The van der Waals surface area contributed by atoms with E-state index in [0.29, 0.717) is 23.1 Å². The van der Waals surface area contributed by atoms with E-state index < -0.39 is 5.60 Å². The number of epoxide rings is 1.